The molecule has 1 fully saturated rings. The van der Waals surface area contributed by atoms with Gasteiger partial charge in [0.15, 0.2) is 0 Å². The number of carboxylic acids is 1. The molecule has 20 heavy (non-hydrogen) atoms. The van der Waals surface area contributed by atoms with Gasteiger partial charge in [0.25, 0.3) is 0 Å². The lowest BCUT2D eigenvalue weighted by Crippen LogP contribution is -2.42. The van der Waals surface area contributed by atoms with Crippen molar-refractivity contribution in [3.63, 3.8) is 0 Å². The fraction of sp³-hybridized carbons (Fsp3) is 0.769. The summed E-state index contributed by atoms with van der Waals surface area (Å²) in [4.78, 5) is 34.1. The Balaban J connectivity index is 2.20. The molecule has 0 radical (unpaired) electrons. The highest BCUT2D eigenvalue weighted by atomic mass is 32.2. The van der Waals surface area contributed by atoms with E-state index < -0.39 is 12.0 Å². The van der Waals surface area contributed by atoms with Crippen molar-refractivity contribution in [2.45, 2.75) is 32.2 Å². The molecule has 1 aliphatic rings. The van der Waals surface area contributed by atoms with Crippen LogP contribution in [0.5, 0.6) is 0 Å². The SMILES string of the molecule is CSCC[C@@H](NC(=O)CCNC(=O)C1CC1C)C(=O)O. The summed E-state index contributed by atoms with van der Waals surface area (Å²) in [6.45, 7) is 2.27. The van der Waals surface area contributed by atoms with E-state index in [4.69, 9.17) is 5.11 Å². The van der Waals surface area contributed by atoms with Gasteiger partial charge in [0, 0.05) is 18.9 Å². The van der Waals surface area contributed by atoms with E-state index >= 15 is 0 Å². The summed E-state index contributed by atoms with van der Waals surface area (Å²) >= 11 is 1.53. The van der Waals surface area contributed by atoms with Gasteiger partial charge in [-0.15, -0.1) is 0 Å². The Morgan fingerprint density at radius 2 is 2.05 bits per heavy atom. The third kappa shape index (κ3) is 5.81. The summed E-state index contributed by atoms with van der Waals surface area (Å²) in [5, 5.41) is 14.2. The summed E-state index contributed by atoms with van der Waals surface area (Å²) in [6.07, 6.45) is 3.30. The van der Waals surface area contributed by atoms with Crippen LogP contribution in [0.25, 0.3) is 0 Å². The molecule has 1 aliphatic carbocycles. The van der Waals surface area contributed by atoms with Gasteiger partial charge in [-0.2, -0.15) is 11.8 Å². The Morgan fingerprint density at radius 1 is 1.40 bits per heavy atom. The van der Waals surface area contributed by atoms with E-state index in [1.807, 2.05) is 13.2 Å². The van der Waals surface area contributed by atoms with Crippen LogP contribution in [0.2, 0.25) is 0 Å². The van der Waals surface area contributed by atoms with Crippen molar-refractivity contribution in [1.82, 2.24) is 10.6 Å². The Hall–Kier alpha value is -1.24. The molecule has 114 valence electrons. The van der Waals surface area contributed by atoms with Crippen LogP contribution in [0.3, 0.4) is 0 Å². The number of carboxylic acid groups (broad SMARTS) is 1. The van der Waals surface area contributed by atoms with Gasteiger partial charge in [-0.05, 0) is 30.8 Å². The number of hydrogen-bond acceptors (Lipinski definition) is 4. The van der Waals surface area contributed by atoms with Gasteiger partial charge in [-0.3, -0.25) is 9.59 Å². The monoisotopic (exact) mass is 302 g/mol. The third-order valence-corrected chi connectivity index (χ3v) is 3.99. The smallest absolute Gasteiger partial charge is 0.326 e. The fourth-order valence-corrected chi connectivity index (χ4v) is 2.35. The van der Waals surface area contributed by atoms with Gasteiger partial charge in [0.05, 0.1) is 0 Å². The minimum atomic E-state index is -1.02. The second-order valence-electron chi connectivity index (χ2n) is 5.10. The Morgan fingerprint density at radius 3 is 2.55 bits per heavy atom. The lowest BCUT2D eigenvalue weighted by Gasteiger charge is -2.14. The maximum atomic E-state index is 11.6. The summed E-state index contributed by atoms with van der Waals surface area (Å²) in [7, 11) is 0. The molecule has 2 amide bonds. The Kier molecular flexibility index (Phi) is 6.84. The van der Waals surface area contributed by atoms with E-state index in [0.717, 1.165) is 6.42 Å². The number of rotatable bonds is 9. The predicted molar refractivity (Wildman–Crippen MR) is 77.5 cm³/mol. The molecule has 0 aromatic rings. The molecule has 0 aromatic heterocycles. The first-order valence-electron chi connectivity index (χ1n) is 6.74. The van der Waals surface area contributed by atoms with Crippen LogP contribution in [0.15, 0.2) is 0 Å². The van der Waals surface area contributed by atoms with Crippen molar-refractivity contribution < 1.29 is 19.5 Å². The molecule has 3 N–H and O–H groups in total. The highest BCUT2D eigenvalue weighted by Crippen LogP contribution is 2.37. The van der Waals surface area contributed by atoms with Crippen LogP contribution >= 0.6 is 11.8 Å². The lowest BCUT2D eigenvalue weighted by molar-refractivity contribution is -0.141. The molecule has 3 atom stereocenters. The molecule has 0 bridgehead atoms. The topological polar surface area (TPSA) is 95.5 Å². The number of thioether (sulfide) groups is 1. The van der Waals surface area contributed by atoms with Gasteiger partial charge in [0.1, 0.15) is 6.04 Å². The molecular weight excluding hydrogens is 280 g/mol. The Bertz CT molecular complexity index is 375. The van der Waals surface area contributed by atoms with Crippen molar-refractivity contribution in [2.75, 3.05) is 18.6 Å². The molecule has 1 rings (SSSR count). The average molecular weight is 302 g/mol. The first-order valence-corrected chi connectivity index (χ1v) is 8.14. The molecular formula is C13H22N2O4S. The van der Waals surface area contributed by atoms with Crippen LogP contribution in [0, 0.1) is 11.8 Å². The average Bonchev–Trinajstić information content (AvgIpc) is 3.11. The maximum absolute atomic E-state index is 11.6. The number of amides is 2. The fourth-order valence-electron chi connectivity index (χ4n) is 1.88. The number of hydrogen-bond donors (Lipinski definition) is 3. The first-order chi connectivity index (χ1) is 9.45. The van der Waals surface area contributed by atoms with E-state index in [1.165, 1.54) is 11.8 Å². The highest BCUT2D eigenvalue weighted by Gasteiger charge is 2.38. The van der Waals surface area contributed by atoms with E-state index in [-0.39, 0.29) is 30.7 Å². The predicted octanol–water partition coefficient (Wildman–Crippen LogP) is 0.471. The number of carbonyl (C=O) groups is 3. The van der Waals surface area contributed by atoms with Crippen molar-refractivity contribution in [1.29, 1.82) is 0 Å². The Labute approximate surface area is 123 Å². The minimum Gasteiger partial charge on any atom is -0.480 e. The van der Waals surface area contributed by atoms with Crippen LogP contribution in [-0.4, -0.2) is 47.5 Å². The zero-order chi connectivity index (χ0) is 15.1. The zero-order valence-corrected chi connectivity index (χ0v) is 12.7. The normalized spacial score (nSPS) is 21.9. The van der Waals surface area contributed by atoms with Gasteiger partial charge in [0.2, 0.25) is 11.8 Å². The molecule has 0 spiro atoms. The summed E-state index contributed by atoms with van der Waals surface area (Å²) in [6, 6.07) is -0.853. The van der Waals surface area contributed by atoms with Crippen molar-refractivity contribution in [3.8, 4) is 0 Å². The number of aliphatic carboxylic acids is 1. The van der Waals surface area contributed by atoms with Crippen LogP contribution in [0.1, 0.15) is 26.2 Å². The molecule has 0 saturated heterocycles. The van der Waals surface area contributed by atoms with E-state index in [9.17, 15) is 14.4 Å². The summed E-state index contributed by atoms with van der Waals surface area (Å²) in [5.74, 6) is -0.181. The molecule has 7 heteroatoms. The molecule has 0 aliphatic heterocycles. The third-order valence-electron chi connectivity index (χ3n) is 3.34. The van der Waals surface area contributed by atoms with E-state index in [0.29, 0.717) is 18.1 Å². The molecule has 1 saturated carbocycles. The summed E-state index contributed by atoms with van der Waals surface area (Å²) < 4.78 is 0. The second kappa shape index (κ2) is 8.14. The van der Waals surface area contributed by atoms with Crippen molar-refractivity contribution in [3.05, 3.63) is 0 Å². The van der Waals surface area contributed by atoms with Crippen LogP contribution < -0.4 is 10.6 Å². The number of carbonyl (C=O) groups excluding carboxylic acids is 2. The lowest BCUT2D eigenvalue weighted by atomic mass is 10.2. The van der Waals surface area contributed by atoms with E-state index in [2.05, 4.69) is 10.6 Å². The van der Waals surface area contributed by atoms with Gasteiger partial charge in [-0.1, -0.05) is 6.92 Å². The molecule has 0 heterocycles. The van der Waals surface area contributed by atoms with E-state index in [1.54, 1.807) is 0 Å². The van der Waals surface area contributed by atoms with Crippen molar-refractivity contribution in [2.24, 2.45) is 11.8 Å². The van der Waals surface area contributed by atoms with Gasteiger partial charge >= 0.3 is 5.97 Å². The maximum Gasteiger partial charge on any atom is 0.326 e. The summed E-state index contributed by atoms with van der Waals surface area (Å²) in [5.41, 5.74) is 0. The van der Waals surface area contributed by atoms with Crippen LogP contribution in [-0.2, 0) is 14.4 Å². The second-order valence-corrected chi connectivity index (χ2v) is 6.09. The zero-order valence-electron chi connectivity index (χ0n) is 11.8. The van der Waals surface area contributed by atoms with Gasteiger partial charge < -0.3 is 15.7 Å². The standard InChI is InChI=1S/C13H22N2O4S/c1-8-7-9(8)12(17)14-5-3-11(16)15-10(13(18)19)4-6-20-2/h8-10H,3-7H2,1-2H3,(H,14,17)(H,15,16)(H,18,19)/t8?,9?,10-/m1/s1. The molecule has 0 aromatic carbocycles. The first kappa shape index (κ1) is 16.8. The molecule has 2 unspecified atom stereocenters. The quantitative estimate of drug-likeness (QED) is 0.575. The van der Waals surface area contributed by atoms with Crippen LogP contribution in [0.4, 0.5) is 0 Å². The molecule has 6 nitrogen and oxygen atoms in total. The highest BCUT2D eigenvalue weighted by molar-refractivity contribution is 7.98. The van der Waals surface area contributed by atoms with Crippen molar-refractivity contribution >= 4 is 29.5 Å². The van der Waals surface area contributed by atoms with Gasteiger partial charge in [-0.25, -0.2) is 4.79 Å². The minimum absolute atomic E-state index is 0.0116. The number of nitrogens with one attached hydrogen (secondary N) is 2. The largest absolute Gasteiger partial charge is 0.480 e.